The Labute approximate surface area is 308 Å². The average molecular weight is 708 g/mol. The maximum atomic E-state index is 13.1. The molecular weight excluding hydrogens is 642 g/mol. The molecule has 0 radical (unpaired) electrons. The standard InChI is InChI=1S/C44H66ClNO4/c1-28(2)31-16-21-44(24-25-46-27-29-10-12-30(45)13-11-29)23-22-42(8)32(37(31)44)14-15-34-41(7)19-18-35(50-36(47)26-39(3,4)38(48)49)40(5,6)33(41)17-20-43(34,42)9/h10-13,28,32-35,46H,14-27H2,1-9H3,(H,48,49)/t32-,33?,34-,35+,41+,42-,43-,44-/m1/s1. The molecule has 5 aliphatic carbocycles. The first-order valence-electron chi connectivity index (χ1n) is 19.9. The number of hydrogen-bond donors (Lipinski definition) is 2. The Morgan fingerprint density at radius 2 is 1.62 bits per heavy atom. The van der Waals surface area contributed by atoms with E-state index in [1.807, 2.05) is 17.7 Å². The zero-order valence-electron chi connectivity index (χ0n) is 32.6. The first-order chi connectivity index (χ1) is 23.3. The minimum absolute atomic E-state index is 0.0919. The highest BCUT2D eigenvalue weighted by Crippen LogP contribution is 2.77. The van der Waals surface area contributed by atoms with Gasteiger partial charge in [-0.1, -0.05) is 83.3 Å². The minimum Gasteiger partial charge on any atom is -0.481 e. The molecule has 50 heavy (non-hydrogen) atoms. The van der Waals surface area contributed by atoms with Crippen LogP contribution in [0.3, 0.4) is 0 Å². The molecule has 1 unspecified atom stereocenters. The molecule has 0 spiro atoms. The van der Waals surface area contributed by atoms with E-state index in [4.69, 9.17) is 16.3 Å². The topological polar surface area (TPSA) is 75.6 Å². The summed E-state index contributed by atoms with van der Waals surface area (Å²) in [7, 11) is 0. The molecule has 0 bridgehead atoms. The zero-order chi connectivity index (χ0) is 36.5. The lowest BCUT2D eigenvalue weighted by molar-refractivity contribution is -0.233. The van der Waals surface area contributed by atoms with Crippen molar-refractivity contribution in [2.45, 2.75) is 152 Å². The summed E-state index contributed by atoms with van der Waals surface area (Å²) >= 11 is 6.14. The molecule has 4 saturated carbocycles. The number of carboxylic acids is 1. The van der Waals surface area contributed by atoms with Crippen LogP contribution in [0.15, 0.2) is 35.4 Å². The monoisotopic (exact) mass is 707 g/mol. The predicted octanol–water partition coefficient (Wildman–Crippen LogP) is 11.0. The minimum atomic E-state index is -1.12. The van der Waals surface area contributed by atoms with E-state index in [2.05, 4.69) is 65.9 Å². The second-order valence-corrected chi connectivity index (χ2v) is 20.2. The lowest BCUT2D eigenvalue weighted by atomic mass is 9.33. The second kappa shape index (κ2) is 13.2. The van der Waals surface area contributed by atoms with Crippen LogP contribution in [0.25, 0.3) is 0 Å². The number of rotatable bonds is 10. The summed E-state index contributed by atoms with van der Waals surface area (Å²) < 4.78 is 6.20. The first kappa shape index (κ1) is 37.9. The molecule has 5 aliphatic rings. The number of fused-ring (bicyclic) bond motifs is 7. The molecule has 6 rings (SSSR count). The maximum absolute atomic E-state index is 13.1. The van der Waals surface area contributed by atoms with Crippen LogP contribution in [0, 0.1) is 56.2 Å². The molecule has 0 saturated heterocycles. The van der Waals surface area contributed by atoms with E-state index in [-0.39, 0.29) is 40.2 Å². The van der Waals surface area contributed by atoms with Gasteiger partial charge >= 0.3 is 11.9 Å². The van der Waals surface area contributed by atoms with Gasteiger partial charge in [-0.3, -0.25) is 9.59 Å². The van der Waals surface area contributed by atoms with Crippen molar-refractivity contribution in [2.75, 3.05) is 6.54 Å². The summed E-state index contributed by atoms with van der Waals surface area (Å²) in [5.74, 6) is 1.06. The SMILES string of the molecule is CC(C)C1=C2[C@H]3CC[C@@H]4[C@@]5(C)CC[C@H](OC(=O)CC(C)(C)C(=O)O)C(C)(C)C5CC[C@@]4(C)[C@]3(C)CC[C@@]2(CCNCc2ccc(Cl)cc2)CC1. The third-order valence-corrected chi connectivity index (χ3v) is 16.5. The quantitative estimate of drug-likeness (QED) is 0.144. The zero-order valence-corrected chi connectivity index (χ0v) is 33.4. The van der Waals surface area contributed by atoms with Crippen LogP contribution in [0.5, 0.6) is 0 Å². The van der Waals surface area contributed by atoms with Crippen molar-refractivity contribution in [1.29, 1.82) is 0 Å². The van der Waals surface area contributed by atoms with E-state index in [1.165, 1.54) is 63.4 Å². The van der Waals surface area contributed by atoms with Gasteiger partial charge in [0.05, 0.1) is 11.8 Å². The number of carboxylic acid groups (broad SMARTS) is 1. The molecule has 0 aliphatic heterocycles. The van der Waals surface area contributed by atoms with E-state index in [9.17, 15) is 14.7 Å². The van der Waals surface area contributed by atoms with Gasteiger partial charge in [-0.15, -0.1) is 0 Å². The van der Waals surface area contributed by atoms with Gasteiger partial charge < -0.3 is 15.2 Å². The summed E-state index contributed by atoms with van der Waals surface area (Å²) in [6.45, 7) is 22.7. The van der Waals surface area contributed by atoms with Crippen molar-refractivity contribution >= 4 is 23.5 Å². The Morgan fingerprint density at radius 3 is 2.28 bits per heavy atom. The van der Waals surface area contributed by atoms with Gasteiger partial charge in [-0.05, 0) is 154 Å². The smallest absolute Gasteiger partial charge is 0.309 e. The highest BCUT2D eigenvalue weighted by atomic mass is 35.5. The molecule has 2 N–H and O–H groups in total. The van der Waals surface area contributed by atoms with Gasteiger partial charge in [0.25, 0.3) is 0 Å². The number of benzene rings is 1. The summed E-state index contributed by atoms with van der Waals surface area (Å²) in [6.07, 6.45) is 13.1. The lowest BCUT2D eigenvalue weighted by Gasteiger charge is -2.72. The normalized spacial score (nSPS) is 37.8. The molecule has 1 aromatic rings. The van der Waals surface area contributed by atoms with E-state index in [0.717, 1.165) is 31.0 Å². The summed E-state index contributed by atoms with van der Waals surface area (Å²) in [4.78, 5) is 24.8. The number of carbonyl (C=O) groups excluding carboxylic acids is 1. The lowest BCUT2D eigenvalue weighted by Crippen LogP contribution is -2.65. The van der Waals surface area contributed by atoms with Crippen LogP contribution in [0.1, 0.15) is 145 Å². The van der Waals surface area contributed by atoms with Crippen LogP contribution in [0.4, 0.5) is 0 Å². The van der Waals surface area contributed by atoms with Gasteiger partial charge in [0.1, 0.15) is 6.10 Å². The predicted molar refractivity (Wildman–Crippen MR) is 203 cm³/mol. The molecular formula is C44H66ClNO4. The van der Waals surface area contributed by atoms with Crippen LogP contribution in [-0.4, -0.2) is 29.7 Å². The van der Waals surface area contributed by atoms with Crippen LogP contribution in [0.2, 0.25) is 5.02 Å². The molecule has 5 nitrogen and oxygen atoms in total. The number of ether oxygens (including phenoxy) is 1. The molecule has 0 amide bonds. The molecule has 0 aromatic heterocycles. The highest BCUT2D eigenvalue weighted by Gasteiger charge is 2.69. The van der Waals surface area contributed by atoms with Crippen molar-refractivity contribution < 1.29 is 19.4 Å². The number of hydrogen-bond acceptors (Lipinski definition) is 4. The van der Waals surface area contributed by atoms with E-state index in [0.29, 0.717) is 29.1 Å². The van der Waals surface area contributed by atoms with Crippen molar-refractivity contribution in [2.24, 2.45) is 56.2 Å². The second-order valence-electron chi connectivity index (χ2n) is 19.7. The highest BCUT2D eigenvalue weighted by molar-refractivity contribution is 6.30. The molecule has 4 fully saturated rings. The van der Waals surface area contributed by atoms with E-state index >= 15 is 0 Å². The van der Waals surface area contributed by atoms with Crippen molar-refractivity contribution in [3.8, 4) is 0 Å². The number of esters is 1. The number of nitrogens with one attached hydrogen (secondary N) is 1. The molecule has 6 heteroatoms. The Morgan fingerprint density at radius 1 is 0.920 bits per heavy atom. The van der Waals surface area contributed by atoms with Crippen molar-refractivity contribution in [1.82, 2.24) is 5.32 Å². The number of halogens is 1. The third kappa shape index (κ3) is 6.10. The molecule has 1 aromatic carbocycles. The fourth-order valence-electron chi connectivity index (χ4n) is 13.2. The molecule has 8 atom stereocenters. The van der Waals surface area contributed by atoms with E-state index < -0.39 is 11.4 Å². The first-order valence-corrected chi connectivity index (χ1v) is 20.3. The number of aliphatic carboxylic acids is 1. The Hall–Kier alpha value is -1.85. The summed E-state index contributed by atoms with van der Waals surface area (Å²) in [5.41, 5.74) is 4.76. The number of allylic oxidation sites excluding steroid dienone is 2. The molecule has 0 heterocycles. The maximum Gasteiger partial charge on any atom is 0.309 e. The van der Waals surface area contributed by atoms with Gasteiger partial charge in [0.2, 0.25) is 0 Å². The van der Waals surface area contributed by atoms with E-state index in [1.54, 1.807) is 19.4 Å². The molecule has 278 valence electrons. The fraction of sp³-hybridized carbons (Fsp3) is 0.773. The van der Waals surface area contributed by atoms with Crippen LogP contribution >= 0.6 is 11.6 Å². The van der Waals surface area contributed by atoms with Gasteiger partial charge in [0, 0.05) is 17.0 Å². The van der Waals surface area contributed by atoms with Crippen LogP contribution < -0.4 is 5.32 Å². The third-order valence-electron chi connectivity index (χ3n) is 16.2. The van der Waals surface area contributed by atoms with Crippen molar-refractivity contribution in [3.05, 3.63) is 46.0 Å². The number of carbonyl (C=O) groups is 2. The Kier molecular flexibility index (Phi) is 10.0. The Bertz CT molecular complexity index is 1500. The summed E-state index contributed by atoms with van der Waals surface area (Å²) in [6, 6.07) is 8.25. The van der Waals surface area contributed by atoms with Crippen LogP contribution in [-0.2, 0) is 20.9 Å². The summed E-state index contributed by atoms with van der Waals surface area (Å²) in [5, 5.41) is 14.2. The van der Waals surface area contributed by atoms with Crippen molar-refractivity contribution in [3.63, 3.8) is 0 Å². The Balaban J connectivity index is 1.21. The average Bonchev–Trinajstić information content (AvgIpc) is 3.42. The largest absolute Gasteiger partial charge is 0.481 e. The van der Waals surface area contributed by atoms with Gasteiger partial charge in [0.15, 0.2) is 0 Å². The van der Waals surface area contributed by atoms with Gasteiger partial charge in [-0.2, -0.15) is 0 Å². The fourth-order valence-corrected chi connectivity index (χ4v) is 13.3. The van der Waals surface area contributed by atoms with Gasteiger partial charge in [-0.25, -0.2) is 0 Å².